The van der Waals surface area contributed by atoms with Crippen molar-refractivity contribution < 1.29 is 18.8 Å². The molecule has 3 aromatic rings. The lowest BCUT2D eigenvalue weighted by molar-refractivity contribution is -0.132. The lowest BCUT2D eigenvalue weighted by Gasteiger charge is -2.34. The lowest BCUT2D eigenvalue weighted by atomic mass is 10.1. The zero-order valence-corrected chi connectivity index (χ0v) is 18.1. The highest BCUT2D eigenvalue weighted by Crippen LogP contribution is 2.27. The fourth-order valence-corrected chi connectivity index (χ4v) is 4.63. The second-order valence-electron chi connectivity index (χ2n) is 8.56. The summed E-state index contributed by atoms with van der Waals surface area (Å²) in [5.74, 6) is 0.432. The first-order chi connectivity index (χ1) is 16.2. The third kappa shape index (κ3) is 3.64. The first-order valence-corrected chi connectivity index (χ1v) is 11.1. The van der Waals surface area contributed by atoms with Crippen LogP contribution >= 0.6 is 0 Å². The topological polar surface area (TPSA) is 92.0 Å². The molecular weight excluding hydrogens is 422 g/mol. The van der Waals surface area contributed by atoms with Gasteiger partial charge in [0, 0.05) is 43.9 Å². The normalized spacial score (nSPS) is 17.5. The molecular formula is C24H23N5O4. The molecule has 33 heavy (non-hydrogen) atoms. The number of hydrogen-bond acceptors (Lipinski definition) is 7. The summed E-state index contributed by atoms with van der Waals surface area (Å²) >= 11 is 0. The van der Waals surface area contributed by atoms with E-state index in [4.69, 9.17) is 9.26 Å². The van der Waals surface area contributed by atoms with Gasteiger partial charge in [-0.3, -0.25) is 9.59 Å². The number of carbonyl (C=O) groups is 2. The summed E-state index contributed by atoms with van der Waals surface area (Å²) in [6, 6.07) is 14.0. The van der Waals surface area contributed by atoms with E-state index in [2.05, 4.69) is 10.1 Å². The molecule has 4 heterocycles. The van der Waals surface area contributed by atoms with Gasteiger partial charge in [0.2, 0.25) is 11.7 Å². The second-order valence-corrected chi connectivity index (χ2v) is 8.56. The van der Waals surface area contributed by atoms with Gasteiger partial charge in [0.15, 0.2) is 0 Å². The highest BCUT2D eigenvalue weighted by molar-refractivity contribution is 6.00. The number of amides is 2. The van der Waals surface area contributed by atoms with Crippen molar-refractivity contribution in [1.82, 2.24) is 19.9 Å². The van der Waals surface area contributed by atoms with E-state index in [1.807, 2.05) is 47.4 Å². The summed E-state index contributed by atoms with van der Waals surface area (Å²) in [4.78, 5) is 35.3. The number of ether oxygens (including phenoxy) is 1. The van der Waals surface area contributed by atoms with Gasteiger partial charge in [0.1, 0.15) is 6.54 Å². The van der Waals surface area contributed by atoms with Crippen molar-refractivity contribution in [2.24, 2.45) is 0 Å². The van der Waals surface area contributed by atoms with Gasteiger partial charge in [0.25, 0.3) is 5.91 Å². The van der Waals surface area contributed by atoms with Crippen molar-refractivity contribution in [3.05, 3.63) is 64.7 Å². The molecule has 0 saturated carbocycles. The van der Waals surface area contributed by atoms with Gasteiger partial charge in [-0.15, -0.1) is 0 Å². The molecule has 2 aromatic carbocycles. The maximum Gasteiger partial charge on any atom is 0.324 e. The summed E-state index contributed by atoms with van der Waals surface area (Å²) < 4.78 is 11.0. The standard InChI is InChI=1S/C24H23N5O4/c30-21(13-29-12-17-3-1-2-4-20(17)23(29)31)27-7-9-28(10-8-27)24-25-22(26-33-24)16-5-6-18-14-32-15-19(18)11-16/h1-6,11H,7-10,12-15H2. The number of fused-ring (bicyclic) bond motifs is 2. The summed E-state index contributed by atoms with van der Waals surface area (Å²) in [6.07, 6.45) is 0. The van der Waals surface area contributed by atoms with E-state index in [1.54, 1.807) is 9.80 Å². The SMILES string of the molecule is O=C(CN1Cc2ccccc2C1=O)N1CCN(c2nc(-c3ccc4c(c3)COC4)no2)CC1. The fraction of sp³-hybridized carbons (Fsp3) is 0.333. The monoisotopic (exact) mass is 445 g/mol. The highest BCUT2D eigenvalue weighted by Gasteiger charge is 2.31. The third-order valence-corrected chi connectivity index (χ3v) is 6.52. The highest BCUT2D eigenvalue weighted by atomic mass is 16.5. The van der Waals surface area contributed by atoms with Crippen LogP contribution in [0.1, 0.15) is 27.0 Å². The average Bonchev–Trinajstić information content (AvgIpc) is 3.58. The number of benzene rings is 2. The molecule has 0 aliphatic carbocycles. The van der Waals surface area contributed by atoms with E-state index in [9.17, 15) is 9.59 Å². The lowest BCUT2D eigenvalue weighted by Crippen LogP contribution is -2.51. The van der Waals surface area contributed by atoms with Gasteiger partial charge in [-0.1, -0.05) is 35.5 Å². The Kier molecular flexibility index (Phi) is 4.83. The van der Waals surface area contributed by atoms with Crippen LogP contribution in [-0.2, 0) is 29.3 Å². The fourth-order valence-electron chi connectivity index (χ4n) is 4.63. The average molecular weight is 445 g/mol. The quantitative estimate of drug-likeness (QED) is 0.607. The van der Waals surface area contributed by atoms with Gasteiger partial charge in [-0.2, -0.15) is 4.98 Å². The molecule has 0 unspecified atom stereocenters. The Labute approximate surface area is 190 Å². The minimum Gasteiger partial charge on any atom is -0.372 e. The molecule has 6 rings (SSSR count). The van der Waals surface area contributed by atoms with Crippen LogP contribution in [0.25, 0.3) is 11.4 Å². The number of carbonyl (C=O) groups excluding carboxylic acids is 2. The summed E-state index contributed by atoms with van der Waals surface area (Å²) in [7, 11) is 0. The molecule has 0 spiro atoms. The Morgan fingerprint density at radius 2 is 1.79 bits per heavy atom. The van der Waals surface area contributed by atoms with Crippen LogP contribution in [0, 0.1) is 0 Å². The molecule has 0 N–H and O–H groups in total. The molecule has 0 atom stereocenters. The molecule has 9 heteroatoms. The first-order valence-electron chi connectivity index (χ1n) is 11.1. The smallest absolute Gasteiger partial charge is 0.324 e. The molecule has 9 nitrogen and oxygen atoms in total. The maximum atomic E-state index is 12.8. The van der Waals surface area contributed by atoms with Crippen molar-refractivity contribution in [2.75, 3.05) is 37.6 Å². The molecule has 3 aliphatic heterocycles. The molecule has 0 radical (unpaired) electrons. The van der Waals surface area contributed by atoms with Crippen LogP contribution < -0.4 is 4.90 Å². The Bertz CT molecular complexity index is 1230. The molecule has 2 amide bonds. The van der Waals surface area contributed by atoms with Crippen molar-refractivity contribution in [2.45, 2.75) is 19.8 Å². The Hall–Kier alpha value is -3.72. The Morgan fingerprint density at radius 1 is 0.970 bits per heavy atom. The van der Waals surface area contributed by atoms with E-state index in [1.165, 1.54) is 5.56 Å². The molecule has 1 saturated heterocycles. The van der Waals surface area contributed by atoms with Crippen molar-refractivity contribution in [1.29, 1.82) is 0 Å². The number of anilines is 1. The molecule has 0 bridgehead atoms. The number of hydrogen-bond donors (Lipinski definition) is 0. The number of aromatic nitrogens is 2. The minimum absolute atomic E-state index is 0.0395. The summed E-state index contributed by atoms with van der Waals surface area (Å²) in [5, 5.41) is 4.14. The number of nitrogens with zero attached hydrogens (tertiary/aromatic N) is 5. The van der Waals surface area contributed by atoms with Gasteiger partial charge in [-0.25, -0.2) is 0 Å². The molecule has 1 fully saturated rings. The van der Waals surface area contributed by atoms with E-state index in [0.29, 0.717) is 63.3 Å². The third-order valence-electron chi connectivity index (χ3n) is 6.52. The van der Waals surface area contributed by atoms with E-state index in [-0.39, 0.29) is 18.4 Å². The summed E-state index contributed by atoms with van der Waals surface area (Å²) in [5.41, 5.74) is 4.93. The van der Waals surface area contributed by atoms with E-state index >= 15 is 0 Å². The van der Waals surface area contributed by atoms with Crippen molar-refractivity contribution in [3.8, 4) is 11.4 Å². The van der Waals surface area contributed by atoms with Crippen LogP contribution in [0.3, 0.4) is 0 Å². The molecule has 1 aromatic heterocycles. The predicted molar refractivity (Wildman–Crippen MR) is 118 cm³/mol. The van der Waals surface area contributed by atoms with Crippen LogP contribution in [0.2, 0.25) is 0 Å². The van der Waals surface area contributed by atoms with Crippen LogP contribution in [0.15, 0.2) is 47.0 Å². The van der Waals surface area contributed by atoms with E-state index < -0.39 is 0 Å². The van der Waals surface area contributed by atoms with E-state index in [0.717, 1.165) is 16.7 Å². The van der Waals surface area contributed by atoms with Gasteiger partial charge >= 0.3 is 6.01 Å². The Balaban J connectivity index is 1.06. The van der Waals surface area contributed by atoms with Crippen molar-refractivity contribution in [3.63, 3.8) is 0 Å². The van der Waals surface area contributed by atoms with Gasteiger partial charge in [-0.05, 0) is 28.8 Å². The molecule has 168 valence electrons. The maximum absolute atomic E-state index is 12.8. The van der Waals surface area contributed by atoms with Crippen LogP contribution in [0.4, 0.5) is 6.01 Å². The van der Waals surface area contributed by atoms with Gasteiger partial charge < -0.3 is 24.0 Å². The second kappa shape index (κ2) is 8.00. The molecule has 3 aliphatic rings. The zero-order valence-electron chi connectivity index (χ0n) is 18.1. The minimum atomic E-state index is -0.0749. The van der Waals surface area contributed by atoms with Crippen LogP contribution in [0.5, 0.6) is 0 Å². The number of piperazine rings is 1. The number of rotatable bonds is 4. The zero-order chi connectivity index (χ0) is 22.4. The van der Waals surface area contributed by atoms with Gasteiger partial charge in [0.05, 0.1) is 13.2 Å². The van der Waals surface area contributed by atoms with Crippen molar-refractivity contribution >= 4 is 17.8 Å². The Morgan fingerprint density at radius 3 is 2.64 bits per heavy atom. The van der Waals surface area contributed by atoms with Crippen LogP contribution in [-0.4, -0.2) is 64.5 Å². The summed E-state index contributed by atoms with van der Waals surface area (Å²) in [6.45, 7) is 4.12. The predicted octanol–water partition coefficient (Wildman–Crippen LogP) is 2.07. The largest absolute Gasteiger partial charge is 0.372 e. The first kappa shape index (κ1) is 19.9.